The van der Waals surface area contributed by atoms with E-state index in [1.54, 1.807) is 13.0 Å². The Kier molecular flexibility index (Phi) is 4.94. The van der Waals surface area contributed by atoms with Gasteiger partial charge in [0.15, 0.2) is 0 Å². The summed E-state index contributed by atoms with van der Waals surface area (Å²) in [6.07, 6.45) is 3.45. The molecule has 2 heterocycles. The summed E-state index contributed by atoms with van der Waals surface area (Å²) in [5, 5.41) is 3.81. The lowest BCUT2D eigenvalue weighted by molar-refractivity contribution is -0.129. The maximum atomic E-state index is 12.6. The van der Waals surface area contributed by atoms with Gasteiger partial charge in [0.2, 0.25) is 0 Å². The number of likely N-dealkylation sites (N-methyl/N-ethyl adjacent to an activating group) is 1. The number of fused-ring (bicyclic) bond motifs is 1. The van der Waals surface area contributed by atoms with Crippen LogP contribution in [0, 0.1) is 0 Å². The minimum absolute atomic E-state index is 0.0548. The molecule has 1 fully saturated rings. The molecule has 0 radical (unpaired) electrons. The van der Waals surface area contributed by atoms with Crippen LogP contribution in [-0.4, -0.2) is 33.9 Å². The molecule has 0 saturated carbocycles. The zero-order chi connectivity index (χ0) is 20.5. The molecule has 1 aliphatic rings. The molecule has 0 aliphatic carbocycles. The van der Waals surface area contributed by atoms with E-state index in [0.717, 1.165) is 26.9 Å². The highest BCUT2D eigenvalue weighted by atomic mass is 35.5. The van der Waals surface area contributed by atoms with E-state index in [2.05, 4.69) is 9.88 Å². The first-order valence-electron chi connectivity index (χ1n) is 9.19. The van der Waals surface area contributed by atoms with E-state index in [-0.39, 0.29) is 12.1 Å². The van der Waals surface area contributed by atoms with Crippen LogP contribution in [0.4, 0.5) is 4.79 Å². The SMILES string of the molecule is CCN1C(=O)NC(=O)/C(=C\c2cn(Cc3ccc(Cl)cc3)c3ccccc23)C1=O. The summed E-state index contributed by atoms with van der Waals surface area (Å²) < 4.78 is 2.05. The predicted octanol–water partition coefficient (Wildman–Crippen LogP) is 3.82. The first kappa shape index (κ1) is 19.0. The number of nitrogens with zero attached hydrogens (tertiary/aromatic N) is 2. The lowest BCUT2D eigenvalue weighted by Crippen LogP contribution is -2.53. The van der Waals surface area contributed by atoms with E-state index in [4.69, 9.17) is 11.6 Å². The average molecular weight is 408 g/mol. The Hall–Kier alpha value is -3.38. The molecule has 1 aliphatic heterocycles. The number of rotatable bonds is 4. The van der Waals surface area contributed by atoms with Crippen LogP contribution in [0.5, 0.6) is 0 Å². The minimum atomic E-state index is -0.690. The molecule has 4 rings (SSSR count). The second kappa shape index (κ2) is 7.56. The molecule has 0 atom stereocenters. The summed E-state index contributed by atoms with van der Waals surface area (Å²) in [5.41, 5.74) is 2.73. The summed E-state index contributed by atoms with van der Waals surface area (Å²) in [7, 11) is 0. The van der Waals surface area contributed by atoms with Crippen molar-refractivity contribution in [2.24, 2.45) is 0 Å². The summed E-state index contributed by atoms with van der Waals surface area (Å²) >= 11 is 5.97. The fourth-order valence-corrected chi connectivity index (χ4v) is 3.57. The molecule has 29 heavy (non-hydrogen) atoms. The molecule has 0 unspecified atom stereocenters. The molecule has 146 valence electrons. The molecular weight excluding hydrogens is 390 g/mol. The molecule has 4 amide bonds. The highest BCUT2D eigenvalue weighted by Crippen LogP contribution is 2.26. The maximum absolute atomic E-state index is 12.6. The number of imide groups is 2. The van der Waals surface area contributed by atoms with Gasteiger partial charge in [-0.05, 0) is 36.8 Å². The average Bonchev–Trinajstić information content (AvgIpc) is 3.05. The number of aromatic nitrogens is 1. The molecule has 7 heteroatoms. The van der Waals surface area contributed by atoms with E-state index in [1.807, 2.05) is 54.7 Å². The highest BCUT2D eigenvalue weighted by Gasteiger charge is 2.34. The zero-order valence-electron chi connectivity index (χ0n) is 15.7. The van der Waals surface area contributed by atoms with Crippen molar-refractivity contribution in [1.82, 2.24) is 14.8 Å². The predicted molar refractivity (Wildman–Crippen MR) is 111 cm³/mol. The van der Waals surface area contributed by atoms with Gasteiger partial charge in [-0.3, -0.25) is 19.8 Å². The summed E-state index contributed by atoms with van der Waals surface area (Å²) in [5.74, 6) is -1.27. The number of benzene rings is 2. The maximum Gasteiger partial charge on any atom is 0.331 e. The number of urea groups is 1. The quantitative estimate of drug-likeness (QED) is 0.528. The van der Waals surface area contributed by atoms with Gasteiger partial charge < -0.3 is 4.57 Å². The van der Waals surface area contributed by atoms with Gasteiger partial charge in [0.05, 0.1) is 0 Å². The van der Waals surface area contributed by atoms with E-state index >= 15 is 0 Å². The zero-order valence-corrected chi connectivity index (χ0v) is 16.4. The second-order valence-electron chi connectivity index (χ2n) is 6.72. The van der Waals surface area contributed by atoms with Crippen molar-refractivity contribution < 1.29 is 14.4 Å². The Bertz CT molecular complexity index is 1160. The molecule has 3 aromatic rings. The third-order valence-electron chi connectivity index (χ3n) is 4.89. The first-order chi connectivity index (χ1) is 14.0. The minimum Gasteiger partial charge on any atom is -0.342 e. The van der Waals surface area contributed by atoms with Crippen LogP contribution in [0.3, 0.4) is 0 Å². The van der Waals surface area contributed by atoms with E-state index < -0.39 is 17.8 Å². The number of para-hydroxylation sites is 1. The second-order valence-corrected chi connectivity index (χ2v) is 7.16. The standard InChI is InChI=1S/C22H18ClN3O3/c1-2-26-21(28)18(20(27)24-22(26)29)11-15-13-25(19-6-4-3-5-17(15)19)12-14-7-9-16(23)10-8-14/h3-11,13H,2,12H2,1H3,(H,24,27,29)/b18-11+. The number of barbiturate groups is 1. The van der Waals surface area contributed by atoms with Crippen molar-refractivity contribution in [3.8, 4) is 0 Å². The molecular formula is C22H18ClN3O3. The molecule has 6 nitrogen and oxygen atoms in total. The van der Waals surface area contributed by atoms with Gasteiger partial charge in [0, 0.05) is 40.8 Å². The fraction of sp³-hybridized carbons (Fsp3) is 0.136. The van der Waals surface area contributed by atoms with Crippen LogP contribution >= 0.6 is 11.6 Å². The van der Waals surface area contributed by atoms with Gasteiger partial charge in [0.25, 0.3) is 11.8 Å². The number of hydrogen-bond donors (Lipinski definition) is 1. The van der Waals surface area contributed by atoms with Crippen LogP contribution < -0.4 is 5.32 Å². The first-order valence-corrected chi connectivity index (χ1v) is 9.57. The number of hydrogen-bond acceptors (Lipinski definition) is 3. The third kappa shape index (κ3) is 3.54. The molecule has 1 aromatic heterocycles. The van der Waals surface area contributed by atoms with Gasteiger partial charge in [-0.15, -0.1) is 0 Å². The largest absolute Gasteiger partial charge is 0.342 e. The number of nitrogens with one attached hydrogen (secondary N) is 1. The van der Waals surface area contributed by atoms with Crippen molar-refractivity contribution in [1.29, 1.82) is 0 Å². The number of amides is 4. The molecule has 1 N–H and O–H groups in total. The summed E-state index contributed by atoms with van der Waals surface area (Å²) in [6.45, 7) is 2.48. The van der Waals surface area contributed by atoms with Crippen molar-refractivity contribution in [2.45, 2.75) is 13.5 Å². The van der Waals surface area contributed by atoms with Crippen molar-refractivity contribution in [2.75, 3.05) is 6.54 Å². The molecule has 0 spiro atoms. The monoisotopic (exact) mass is 407 g/mol. The molecule has 0 bridgehead atoms. The Morgan fingerprint density at radius 2 is 1.76 bits per heavy atom. The van der Waals surface area contributed by atoms with Gasteiger partial charge in [0.1, 0.15) is 5.57 Å². The number of halogens is 1. The topological polar surface area (TPSA) is 71.4 Å². The Morgan fingerprint density at radius 1 is 1.03 bits per heavy atom. The molecule has 2 aromatic carbocycles. The summed E-state index contributed by atoms with van der Waals surface area (Å²) in [6, 6.07) is 14.7. The van der Waals surface area contributed by atoms with Gasteiger partial charge >= 0.3 is 6.03 Å². The third-order valence-corrected chi connectivity index (χ3v) is 5.14. The van der Waals surface area contributed by atoms with Crippen molar-refractivity contribution in [3.05, 3.63) is 76.5 Å². The number of carbonyl (C=O) groups excluding carboxylic acids is 3. The van der Waals surface area contributed by atoms with Crippen LogP contribution in [0.1, 0.15) is 18.1 Å². The van der Waals surface area contributed by atoms with E-state index in [1.165, 1.54) is 0 Å². The van der Waals surface area contributed by atoms with Crippen LogP contribution in [-0.2, 0) is 16.1 Å². The fourth-order valence-electron chi connectivity index (χ4n) is 3.44. The van der Waals surface area contributed by atoms with Gasteiger partial charge in [-0.1, -0.05) is 41.9 Å². The lowest BCUT2D eigenvalue weighted by Gasteiger charge is -2.24. The Balaban J connectivity index is 1.77. The van der Waals surface area contributed by atoms with Crippen molar-refractivity contribution in [3.63, 3.8) is 0 Å². The number of carbonyl (C=O) groups is 3. The Labute approximate surface area is 172 Å². The summed E-state index contributed by atoms with van der Waals surface area (Å²) in [4.78, 5) is 37.7. The smallest absolute Gasteiger partial charge is 0.331 e. The molecule has 1 saturated heterocycles. The van der Waals surface area contributed by atoms with Gasteiger partial charge in [-0.2, -0.15) is 0 Å². The highest BCUT2D eigenvalue weighted by molar-refractivity contribution is 6.31. The van der Waals surface area contributed by atoms with E-state index in [9.17, 15) is 14.4 Å². The van der Waals surface area contributed by atoms with Crippen LogP contribution in [0.15, 0.2) is 60.3 Å². The lowest BCUT2D eigenvalue weighted by atomic mass is 10.1. The van der Waals surface area contributed by atoms with E-state index in [0.29, 0.717) is 11.6 Å². The Morgan fingerprint density at radius 3 is 2.48 bits per heavy atom. The van der Waals surface area contributed by atoms with Gasteiger partial charge in [-0.25, -0.2) is 4.79 Å². The normalized spacial score (nSPS) is 16.0. The van der Waals surface area contributed by atoms with Crippen LogP contribution in [0.2, 0.25) is 5.02 Å². The van der Waals surface area contributed by atoms with Crippen molar-refractivity contribution >= 4 is 46.4 Å². The van der Waals surface area contributed by atoms with Crippen LogP contribution in [0.25, 0.3) is 17.0 Å².